The summed E-state index contributed by atoms with van der Waals surface area (Å²) in [5.41, 5.74) is 0. The number of rotatable bonds is 16. The van der Waals surface area contributed by atoms with Crippen molar-refractivity contribution in [3.8, 4) is 0 Å². The average Bonchev–Trinajstić information content (AvgIpc) is 2.60. The van der Waals surface area contributed by atoms with Crippen LogP contribution in [-0.2, 0) is 14.6 Å². The Labute approximate surface area is 154 Å². The number of hydrogen-bond donors (Lipinski definition) is 0. The number of carbonyl (C=O) groups excluding carboxylic acids is 1. The van der Waals surface area contributed by atoms with E-state index in [1.165, 1.54) is 32.6 Å². The van der Waals surface area contributed by atoms with Crippen molar-refractivity contribution < 1.29 is 14.6 Å². The molecule has 0 aliphatic rings. The molecule has 0 bridgehead atoms. The molecule has 0 rings (SSSR count). The predicted octanol–water partition coefficient (Wildman–Crippen LogP) is 6.63. The fraction of sp³-hybridized carbons (Fsp3) is 0.591. The molecule has 0 radical (unpaired) electrons. The molecule has 0 aromatic carbocycles. The molecule has 0 saturated carbocycles. The molecule has 0 fully saturated rings. The van der Waals surface area contributed by atoms with Crippen molar-refractivity contribution in [1.82, 2.24) is 0 Å². The van der Waals surface area contributed by atoms with E-state index in [2.05, 4.69) is 60.4 Å². The zero-order chi connectivity index (χ0) is 18.4. The first-order valence-corrected chi connectivity index (χ1v) is 9.67. The van der Waals surface area contributed by atoms with Crippen molar-refractivity contribution in [2.45, 2.75) is 78.1 Å². The lowest BCUT2D eigenvalue weighted by atomic mass is 10.2. The second-order valence-corrected chi connectivity index (χ2v) is 5.98. The summed E-state index contributed by atoms with van der Waals surface area (Å²) < 4.78 is 0. The van der Waals surface area contributed by atoms with Gasteiger partial charge in [-0.1, -0.05) is 68.4 Å². The Morgan fingerprint density at radius 2 is 1.20 bits per heavy atom. The summed E-state index contributed by atoms with van der Waals surface area (Å²) in [6.45, 7) is 4.04. The molecular weight excluding hydrogens is 312 g/mol. The van der Waals surface area contributed by atoms with Gasteiger partial charge in [0.15, 0.2) is 0 Å². The Bertz CT molecular complexity index is 405. The van der Waals surface area contributed by atoms with Crippen molar-refractivity contribution in [2.24, 2.45) is 0 Å². The molecule has 0 spiro atoms. The molecule has 0 N–H and O–H groups in total. The van der Waals surface area contributed by atoms with E-state index in [1.54, 1.807) is 0 Å². The fourth-order valence-electron chi connectivity index (χ4n) is 2.11. The van der Waals surface area contributed by atoms with E-state index in [4.69, 9.17) is 4.89 Å². The van der Waals surface area contributed by atoms with Crippen LogP contribution in [0.3, 0.4) is 0 Å². The van der Waals surface area contributed by atoms with E-state index in [1.807, 2.05) is 0 Å². The maximum Gasteiger partial charge on any atom is 0.339 e. The maximum atomic E-state index is 10.5. The van der Waals surface area contributed by atoms with Gasteiger partial charge in [-0.05, 0) is 51.4 Å². The van der Waals surface area contributed by atoms with Gasteiger partial charge in [-0.15, -0.1) is 0 Å². The number of hydrogen-bond acceptors (Lipinski definition) is 3. The Balaban J connectivity index is 3.36. The van der Waals surface area contributed by atoms with E-state index >= 15 is 0 Å². The summed E-state index contributed by atoms with van der Waals surface area (Å²) >= 11 is 0. The van der Waals surface area contributed by atoms with Crippen LogP contribution >= 0.6 is 0 Å². The molecule has 25 heavy (non-hydrogen) atoms. The van der Waals surface area contributed by atoms with Crippen LogP contribution in [0.4, 0.5) is 0 Å². The molecule has 0 aliphatic carbocycles. The number of allylic oxidation sites excluding steroid dienone is 8. The summed E-state index contributed by atoms with van der Waals surface area (Å²) in [7, 11) is 0. The summed E-state index contributed by atoms with van der Waals surface area (Å²) in [6, 6.07) is 0. The van der Waals surface area contributed by atoms with Crippen LogP contribution in [0, 0.1) is 0 Å². The maximum absolute atomic E-state index is 10.5. The average molecular weight is 349 g/mol. The Kier molecular flexibility index (Phi) is 19.1. The van der Waals surface area contributed by atoms with Crippen LogP contribution < -0.4 is 0 Å². The molecule has 0 aromatic rings. The molecule has 0 amide bonds. The highest BCUT2D eigenvalue weighted by Crippen LogP contribution is 2.01. The number of carbonyl (C=O) groups is 1. The summed E-state index contributed by atoms with van der Waals surface area (Å²) in [5, 5.41) is 0. The third-order valence-electron chi connectivity index (χ3n) is 3.48. The van der Waals surface area contributed by atoms with Crippen LogP contribution in [0.5, 0.6) is 0 Å². The van der Waals surface area contributed by atoms with Crippen LogP contribution in [0.2, 0.25) is 0 Å². The quantitative estimate of drug-likeness (QED) is 0.136. The van der Waals surface area contributed by atoms with Crippen LogP contribution in [0.15, 0.2) is 48.6 Å². The Morgan fingerprint density at radius 1 is 0.720 bits per heavy atom. The monoisotopic (exact) mass is 348 g/mol. The van der Waals surface area contributed by atoms with Gasteiger partial charge >= 0.3 is 5.97 Å². The second-order valence-electron chi connectivity index (χ2n) is 5.98. The van der Waals surface area contributed by atoms with Crippen molar-refractivity contribution in [3.05, 3.63) is 48.6 Å². The standard InChI is InChI=1S/C22H36O3/c1-3-4-5-6-7-8-9-10-11-12-13-14-15-16-17-18-19-20-21-24-25-22(2)23/h7-8,10-11,13-14,16-17H,3-6,9,12,15,18-21H2,1-2H3. The van der Waals surface area contributed by atoms with Gasteiger partial charge in [0.2, 0.25) is 0 Å². The van der Waals surface area contributed by atoms with Gasteiger partial charge in [0.25, 0.3) is 0 Å². The molecule has 0 atom stereocenters. The molecule has 3 heteroatoms. The SMILES string of the molecule is CCCCCC=CCC=CCC=CCC=CCCCCOOC(C)=O. The van der Waals surface area contributed by atoms with Gasteiger partial charge in [0.1, 0.15) is 0 Å². The normalized spacial score (nSPS) is 12.2. The molecule has 142 valence electrons. The topological polar surface area (TPSA) is 35.5 Å². The zero-order valence-electron chi connectivity index (χ0n) is 16.1. The lowest BCUT2D eigenvalue weighted by Crippen LogP contribution is -2.01. The summed E-state index contributed by atoms with van der Waals surface area (Å²) in [4.78, 5) is 19.6. The van der Waals surface area contributed by atoms with Gasteiger partial charge in [0, 0.05) is 6.92 Å². The van der Waals surface area contributed by atoms with Crippen molar-refractivity contribution in [3.63, 3.8) is 0 Å². The molecule has 0 aliphatic heterocycles. The minimum atomic E-state index is -0.402. The Hall–Kier alpha value is -1.61. The van der Waals surface area contributed by atoms with Crippen LogP contribution in [-0.4, -0.2) is 12.6 Å². The molecule has 0 aromatic heterocycles. The highest BCUT2D eigenvalue weighted by Gasteiger charge is 1.92. The summed E-state index contributed by atoms with van der Waals surface area (Å²) in [6.07, 6.45) is 28.9. The third-order valence-corrected chi connectivity index (χ3v) is 3.48. The van der Waals surface area contributed by atoms with E-state index in [9.17, 15) is 4.79 Å². The van der Waals surface area contributed by atoms with E-state index < -0.39 is 5.97 Å². The van der Waals surface area contributed by atoms with Gasteiger partial charge in [0.05, 0.1) is 6.61 Å². The smallest absolute Gasteiger partial charge is 0.299 e. The van der Waals surface area contributed by atoms with Gasteiger partial charge in [-0.25, -0.2) is 4.79 Å². The second kappa shape index (κ2) is 20.4. The van der Waals surface area contributed by atoms with Gasteiger partial charge in [-0.3, -0.25) is 4.89 Å². The van der Waals surface area contributed by atoms with Crippen molar-refractivity contribution in [2.75, 3.05) is 6.61 Å². The first-order chi connectivity index (χ1) is 12.3. The first kappa shape index (κ1) is 23.4. The van der Waals surface area contributed by atoms with Crippen LogP contribution in [0.25, 0.3) is 0 Å². The third kappa shape index (κ3) is 22.4. The van der Waals surface area contributed by atoms with Gasteiger partial charge < -0.3 is 0 Å². The highest BCUT2D eigenvalue weighted by atomic mass is 17.2. The number of unbranched alkanes of at least 4 members (excludes halogenated alkanes) is 5. The van der Waals surface area contributed by atoms with E-state index in [0.29, 0.717) is 6.61 Å². The van der Waals surface area contributed by atoms with Gasteiger partial charge in [-0.2, -0.15) is 4.89 Å². The lowest BCUT2D eigenvalue weighted by Gasteiger charge is -1.99. The largest absolute Gasteiger partial charge is 0.339 e. The van der Waals surface area contributed by atoms with E-state index in [0.717, 1.165) is 38.5 Å². The summed E-state index contributed by atoms with van der Waals surface area (Å²) in [5.74, 6) is -0.402. The molecule has 0 saturated heterocycles. The Morgan fingerprint density at radius 3 is 1.68 bits per heavy atom. The molecule has 3 nitrogen and oxygen atoms in total. The molecule has 0 heterocycles. The van der Waals surface area contributed by atoms with Crippen molar-refractivity contribution >= 4 is 5.97 Å². The highest BCUT2D eigenvalue weighted by molar-refractivity contribution is 5.65. The molecule has 0 unspecified atom stereocenters. The predicted molar refractivity (Wildman–Crippen MR) is 106 cm³/mol. The minimum absolute atomic E-state index is 0.402. The molecular formula is C22H36O3. The minimum Gasteiger partial charge on any atom is -0.299 e. The fourth-order valence-corrected chi connectivity index (χ4v) is 2.11. The first-order valence-electron chi connectivity index (χ1n) is 9.67. The zero-order valence-corrected chi connectivity index (χ0v) is 16.1. The lowest BCUT2D eigenvalue weighted by molar-refractivity contribution is -0.270. The van der Waals surface area contributed by atoms with E-state index in [-0.39, 0.29) is 0 Å². The van der Waals surface area contributed by atoms with Crippen LogP contribution in [0.1, 0.15) is 78.1 Å². The van der Waals surface area contributed by atoms with Crippen molar-refractivity contribution in [1.29, 1.82) is 0 Å².